The average Bonchev–Trinajstić information content (AvgIpc) is 2.26. The van der Waals surface area contributed by atoms with E-state index in [1.807, 2.05) is 6.92 Å². The van der Waals surface area contributed by atoms with Crippen LogP contribution in [0.1, 0.15) is 12.5 Å². The Morgan fingerprint density at radius 1 is 1.44 bits per heavy atom. The van der Waals surface area contributed by atoms with E-state index in [1.165, 1.54) is 12.1 Å². The van der Waals surface area contributed by atoms with Gasteiger partial charge in [0.2, 0.25) is 0 Å². The fourth-order valence-corrected chi connectivity index (χ4v) is 1.17. The van der Waals surface area contributed by atoms with Crippen LogP contribution in [0.15, 0.2) is 29.3 Å². The van der Waals surface area contributed by atoms with E-state index in [-0.39, 0.29) is 5.75 Å². The van der Waals surface area contributed by atoms with Crippen LogP contribution in [0.4, 0.5) is 8.78 Å². The number of hydrogen-bond donors (Lipinski definition) is 2. The first-order valence-corrected chi connectivity index (χ1v) is 4.73. The molecule has 0 amide bonds. The molecule has 0 radical (unpaired) electrons. The van der Waals surface area contributed by atoms with E-state index in [4.69, 9.17) is 5.84 Å². The Morgan fingerprint density at radius 2 is 2.06 bits per heavy atom. The van der Waals surface area contributed by atoms with Gasteiger partial charge in [0.05, 0.1) is 0 Å². The van der Waals surface area contributed by atoms with Crippen molar-refractivity contribution in [3.8, 4) is 5.75 Å². The number of rotatable bonds is 4. The van der Waals surface area contributed by atoms with Gasteiger partial charge in [-0.25, -0.2) is 5.84 Å². The van der Waals surface area contributed by atoms with Crippen molar-refractivity contribution in [2.45, 2.75) is 13.5 Å². The van der Waals surface area contributed by atoms with Gasteiger partial charge in [0.25, 0.3) is 0 Å². The zero-order valence-corrected chi connectivity index (χ0v) is 8.78. The molecule has 16 heavy (non-hydrogen) atoms. The maximum absolute atomic E-state index is 11.9. The number of hydrogen-bond acceptors (Lipinski definition) is 3. The van der Waals surface area contributed by atoms with Crippen LogP contribution in [-0.4, -0.2) is 19.0 Å². The van der Waals surface area contributed by atoms with Crippen molar-refractivity contribution in [3.63, 3.8) is 0 Å². The fourth-order valence-electron chi connectivity index (χ4n) is 1.17. The van der Waals surface area contributed by atoms with Crippen LogP contribution in [0.25, 0.3) is 0 Å². The number of nitrogens with one attached hydrogen (secondary N) is 1. The molecule has 3 N–H and O–H groups in total. The molecular weight excluding hydrogens is 216 g/mol. The summed E-state index contributed by atoms with van der Waals surface area (Å²) >= 11 is 0. The van der Waals surface area contributed by atoms with Gasteiger partial charge < -0.3 is 10.2 Å². The molecule has 0 heterocycles. The van der Waals surface area contributed by atoms with Crippen molar-refractivity contribution in [2.24, 2.45) is 10.8 Å². The molecule has 0 aliphatic carbocycles. The van der Waals surface area contributed by atoms with Crippen LogP contribution in [0.3, 0.4) is 0 Å². The van der Waals surface area contributed by atoms with Gasteiger partial charge in [-0.1, -0.05) is 0 Å². The molecule has 1 aromatic carbocycles. The highest BCUT2D eigenvalue weighted by Gasteiger charge is 2.05. The molecule has 1 rings (SSSR count). The summed E-state index contributed by atoms with van der Waals surface area (Å²) in [5.41, 5.74) is 3.15. The topological polar surface area (TPSA) is 59.6 Å². The maximum Gasteiger partial charge on any atom is 0.387 e. The van der Waals surface area contributed by atoms with Crippen LogP contribution in [0.2, 0.25) is 0 Å². The molecule has 0 aliphatic heterocycles. The van der Waals surface area contributed by atoms with Crippen LogP contribution in [0.5, 0.6) is 5.75 Å². The molecule has 0 fully saturated rings. The Bertz CT molecular complexity index is 352. The third kappa shape index (κ3) is 3.47. The lowest BCUT2D eigenvalue weighted by Crippen LogP contribution is -2.31. The van der Waals surface area contributed by atoms with Gasteiger partial charge in [-0.15, -0.1) is 0 Å². The molecule has 1 aromatic rings. The number of benzene rings is 1. The molecule has 6 heteroatoms. The van der Waals surface area contributed by atoms with Crippen molar-refractivity contribution < 1.29 is 13.5 Å². The van der Waals surface area contributed by atoms with Crippen LogP contribution in [-0.2, 0) is 0 Å². The lowest BCUT2D eigenvalue weighted by Gasteiger charge is -2.07. The predicted octanol–water partition coefficient (Wildman–Crippen LogP) is 1.52. The van der Waals surface area contributed by atoms with Gasteiger partial charge in [0.15, 0.2) is 0 Å². The van der Waals surface area contributed by atoms with Crippen LogP contribution >= 0.6 is 0 Å². The summed E-state index contributed by atoms with van der Waals surface area (Å²) in [4.78, 5) is 4.10. The molecular formula is C10H13F2N3O. The Balaban J connectivity index is 2.81. The van der Waals surface area contributed by atoms with E-state index >= 15 is 0 Å². The normalized spacial score (nSPS) is 11.7. The molecule has 0 aromatic heterocycles. The minimum Gasteiger partial charge on any atom is -0.435 e. The van der Waals surface area contributed by atoms with Crippen LogP contribution in [0, 0.1) is 0 Å². The van der Waals surface area contributed by atoms with Crippen molar-refractivity contribution >= 4 is 5.84 Å². The summed E-state index contributed by atoms with van der Waals surface area (Å²) < 4.78 is 28.0. The second kappa shape index (κ2) is 6.02. The first kappa shape index (κ1) is 12.4. The number of amidine groups is 1. The van der Waals surface area contributed by atoms with Crippen molar-refractivity contribution in [1.29, 1.82) is 0 Å². The molecule has 0 unspecified atom stereocenters. The summed E-state index contributed by atoms with van der Waals surface area (Å²) in [6.45, 7) is -0.372. The summed E-state index contributed by atoms with van der Waals surface area (Å²) in [6, 6.07) is 6.08. The highest BCUT2D eigenvalue weighted by molar-refractivity contribution is 5.98. The minimum absolute atomic E-state index is 0.103. The largest absolute Gasteiger partial charge is 0.435 e. The van der Waals surface area contributed by atoms with Gasteiger partial charge in [-0.05, 0) is 31.2 Å². The van der Waals surface area contributed by atoms with Gasteiger partial charge in [-0.2, -0.15) is 8.78 Å². The number of ether oxygens (including phenoxy) is 1. The highest BCUT2D eigenvalue weighted by atomic mass is 19.3. The quantitative estimate of drug-likeness (QED) is 0.356. The average molecular weight is 229 g/mol. The third-order valence-corrected chi connectivity index (χ3v) is 1.81. The standard InChI is InChI=1S/C10H13F2N3O/c1-2-14-9(15-13)7-3-5-8(6-4-7)16-10(11)12/h3-6,10H,2,13H2,1H3,(H,14,15). The van der Waals surface area contributed by atoms with E-state index in [9.17, 15) is 8.78 Å². The van der Waals surface area contributed by atoms with E-state index in [2.05, 4.69) is 15.2 Å². The van der Waals surface area contributed by atoms with Gasteiger partial charge in [-0.3, -0.25) is 4.99 Å². The SMILES string of the molecule is CCN=C(NN)c1ccc(OC(F)F)cc1. The Labute approximate surface area is 92.1 Å². The number of hydrazine groups is 1. The maximum atomic E-state index is 11.9. The van der Waals surface area contributed by atoms with Gasteiger partial charge in [0.1, 0.15) is 11.6 Å². The van der Waals surface area contributed by atoms with E-state index < -0.39 is 6.61 Å². The summed E-state index contributed by atoms with van der Waals surface area (Å²) in [6.07, 6.45) is 0. The van der Waals surface area contributed by atoms with E-state index in [1.54, 1.807) is 12.1 Å². The third-order valence-electron chi connectivity index (χ3n) is 1.81. The van der Waals surface area contributed by atoms with Crippen LogP contribution < -0.4 is 16.0 Å². The number of halogens is 2. The summed E-state index contributed by atoms with van der Waals surface area (Å²) in [7, 11) is 0. The lowest BCUT2D eigenvalue weighted by molar-refractivity contribution is -0.0498. The molecule has 0 atom stereocenters. The van der Waals surface area contributed by atoms with E-state index in [0.717, 1.165) is 0 Å². The number of aliphatic imine (C=N–C) groups is 1. The number of nitrogens with two attached hydrogens (primary N) is 1. The molecule has 0 spiro atoms. The monoisotopic (exact) mass is 229 g/mol. The molecule has 0 aliphatic rings. The Hall–Kier alpha value is -1.69. The molecule has 0 bridgehead atoms. The predicted molar refractivity (Wildman–Crippen MR) is 57.5 cm³/mol. The first-order chi connectivity index (χ1) is 7.67. The molecule has 0 saturated carbocycles. The highest BCUT2D eigenvalue weighted by Crippen LogP contribution is 2.14. The summed E-state index contributed by atoms with van der Waals surface area (Å²) in [5.74, 6) is 5.89. The van der Waals surface area contributed by atoms with Crippen molar-refractivity contribution in [1.82, 2.24) is 5.43 Å². The zero-order valence-electron chi connectivity index (χ0n) is 8.78. The van der Waals surface area contributed by atoms with Gasteiger partial charge in [0, 0.05) is 12.1 Å². The van der Waals surface area contributed by atoms with Gasteiger partial charge >= 0.3 is 6.61 Å². The molecule has 88 valence electrons. The first-order valence-electron chi connectivity index (χ1n) is 4.73. The molecule has 4 nitrogen and oxygen atoms in total. The summed E-state index contributed by atoms with van der Waals surface area (Å²) in [5, 5.41) is 0. The van der Waals surface area contributed by atoms with Crippen molar-refractivity contribution in [3.05, 3.63) is 29.8 Å². The second-order valence-electron chi connectivity index (χ2n) is 2.87. The van der Waals surface area contributed by atoms with E-state index in [0.29, 0.717) is 17.9 Å². The Kier molecular flexibility index (Phi) is 4.65. The zero-order chi connectivity index (χ0) is 12.0. The second-order valence-corrected chi connectivity index (χ2v) is 2.87. The smallest absolute Gasteiger partial charge is 0.387 e. The molecule has 0 saturated heterocycles. The number of nitrogens with zero attached hydrogens (tertiary/aromatic N) is 1. The minimum atomic E-state index is -2.82. The fraction of sp³-hybridized carbons (Fsp3) is 0.300. The number of alkyl halides is 2. The Morgan fingerprint density at radius 3 is 2.50 bits per heavy atom. The van der Waals surface area contributed by atoms with Crippen molar-refractivity contribution in [2.75, 3.05) is 6.54 Å². The lowest BCUT2D eigenvalue weighted by atomic mass is 10.2.